The monoisotopic (exact) mass is 566 g/mol. The first-order valence-corrected chi connectivity index (χ1v) is 13.6. The number of carbonyl (C=O) groups excluding carboxylic acids is 1. The van der Waals surface area contributed by atoms with Crippen molar-refractivity contribution in [2.45, 2.75) is 17.3 Å². The standard InChI is InChI=1S/C23H21F3N6O4S2/c1-14-27-21(29-36-14)15-3-5-16(6-4-15)22(33)31-9-11-32(12-10-31)38(34,35)20-8-7-18(37-20)17-13-19(23(24,25)26)30(2)28-17/h3-8,13H,9-12H2,1-2H3. The topological polar surface area (TPSA) is 114 Å². The maximum absolute atomic E-state index is 13.2. The summed E-state index contributed by atoms with van der Waals surface area (Å²) in [5.74, 6) is 0.617. The fourth-order valence-electron chi connectivity index (χ4n) is 4.07. The average molecular weight is 567 g/mol. The van der Waals surface area contributed by atoms with Gasteiger partial charge in [0.05, 0.1) is 4.88 Å². The number of halogens is 3. The summed E-state index contributed by atoms with van der Waals surface area (Å²) < 4.78 is 72.7. The number of hydrogen-bond donors (Lipinski definition) is 0. The molecular formula is C23H21F3N6O4S2. The largest absolute Gasteiger partial charge is 0.433 e. The molecule has 200 valence electrons. The van der Waals surface area contributed by atoms with Crippen molar-refractivity contribution in [1.29, 1.82) is 0 Å². The molecule has 0 N–H and O–H groups in total. The minimum Gasteiger partial charge on any atom is -0.339 e. The average Bonchev–Trinajstić information content (AvgIpc) is 3.63. The van der Waals surface area contributed by atoms with E-state index in [-0.39, 0.29) is 42.0 Å². The van der Waals surface area contributed by atoms with Gasteiger partial charge in [-0.05, 0) is 30.3 Å². The molecule has 10 nitrogen and oxygen atoms in total. The van der Waals surface area contributed by atoms with E-state index in [0.29, 0.717) is 27.7 Å². The molecule has 1 aliphatic heterocycles. The molecule has 15 heteroatoms. The van der Waals surface area contributed by atoms with E-state index in [1.54, 1.807) is 36.1 Å². The Morgan fingerprint density at radius 1 is 1.05 bits per heavy atom. The van der Waals surface area contributed by atoms with E-state index < -0.39 is 21.9 Å². The molecule has 5 rings (SSSR count). The van der Waals surface area contributed by atoms with Crippen molar-refractivity contribution in [1.82, 2.24) is 29.1 Å². The molecule has 0 atom stereocenters. The second-order valence-electron chi connectivity index (χ2n) is 8.57. The van der Waals surface area contributed by atoms with Crippen molar-refractivity contribution in [2.24, 2.45) is 7.05 Å². The van der Waals surface area contributed by atoms with E-state index in [1.807, 2.05) is 0 Å². The Hall–Kier alpha value is -3.56. The minimum atomic E-state index is -4.57. The molecule has 1 saturated heterocycles. The maximum Gasteiger partial charge on any atom is 0.433 e. The number of aromatic nitrogens is 4. The Bertz CT molecular complexity index is 1580. The predicted molar refractivity (Wildman–Crippen MR) is 131 cm³/mol. The number of hydrogen-bond acceptors (Lipinski definition) is 8. The zero-order valence-corrected chi connectivity index (χ0v) is 21.8. The summed E-state index contributed by atoms with van der Waals surface area (Å²) >= 11 is 0.854. The Morgan fingerprint density at radius 3 is 2.32 bits per heavy atom. The number of carbonyl (C=O) groups is 1. The summed E-state index contributed by atoms with van der Waals surface area (Å²) in [7, 11) is -2.71. The van der Waals surface area contributed by atoms with E-state index in [2.05, 4.69) is 15.2 Å². The quantitative estimate of drug-likeness (QED) is 0.362. The van der Waals surface area contributed by atoms with Gasteiger partial charge in [0.1, 0.15) is 15.6 Å². The highest BCUT2D eigenvalue weighted by Gasteiger charge is 2.36. The summed E-state index contributed by atoms with van der Waals surface area (Å²) in [6.45, 7) is 2.24. The number of rotatable bonds is 5. The lowest BCUT2D eigenvalue weighted by Crippen LogP contribution is -2.50. The van der Waals surface area contributed by atoms with Crippen molar-refractivity contribution >= 4 is 27.3 Å². The molecule has 4 heterocycles. The molecule has 1 fully saturated rings. The van der Waals surface area contributed by atoms with E-state index in [0.717, 1.165) is 22.1 Å². The molecule has 0 aliphatic carbocycles. The second kappa shape index (κ2) is 9.63. The number of alkyl halides is 3. The molecule has 38 heavy (non-hydrogen) atoms. The summed E-state index contributed by atoms with van der Waals surface area (Å²) in [5.41, 5.74) is 0.263. The SMILES string of the molecule is Cc1nc(-c2ccc(C(=O)N3CCN(S(=O)(=O)c4ccc(-c5cc(C(F)(F)F)n(C)n5)s4)CC3)cc2)no1. The van der Waals surface area contributed by atoms with Crippen LogP contribution in [0.15, 0.2) is 51.2 Å². The van der Waals surface area contributed by atoms with Crippen molar-refractivity contribution in [3.05, 3.63) is 59.6 Å². The number of amides is 1. The first-order chi connectivity index (χ1) is 17.9. The molecule has 1 amide bonds. The van der Waals surface area contributed by atoms with Crippen LogP contribution < -0.4 is 0 Å². The number of piperazine rings is 1. The van der Waals surface area contributed by atoms with Crippen LogP contribution in [0.4, 0.5) is 13.2 Å². The fraction of sp³-hybridized carbons (Fsp3) is 0.304. The first kappa shape index (κ1) is 26.1. The van der Waals surface area contributed by atoms with E-state index >= 15 is 0 Å². The van der Waals surface area contributed by atoms with Crippen LogP contribution in [0.2, 0.25) is 0 Å². The molecule has 1 aromatic carbocycles. The van der Waals surface area contributed by atoms with Crippen LogP contribution in [0.3, 0.4) is 0 Å². The van der Waals surface area contributed by atoms with Crippen LogP contribution >= 0.6 is 11.3 Å². The smallest absolute Gasteiger partial charge is 0.339 e. The number of aryl methyl sites for hydroxylation is 2. The van der Waals surface area contributed by atoms with Crippen LogP contribution in [0.5, 0.6) is 0 Å². The molecule has 0 saturated carbocycles. The molecule has 0 bridgehead atoms. The van der Waals surface area contributed by atoms with Gasteiger partial charge in [0.25, 0.3) is 15.9 Å². The van der Waals surface area contributed by atoms with Gasteiger partial charge in [0, 0.05) is 51.3 Å². The lowest BCUT2D eigenvalue weighted by atomic mass is 10.1. The Labute approximate surface area is 219 Å². The zero-order valence-electron chi connectivity index (χ0n) is 20.1. The lowest BCUT2D eigenvalue weighted by molar-refractivity contribution is -0.143. The first-order valence-electron chi connectivity index (χ1n) is 11.3. The number of sulfonamides is 1. The Kier molecular flexibility index (Phi) is 6.61. The zero-order chi connectivity index (χ0) is 27.2. The highest BCUT2D eigenvalue weighted by Crippen LogP contribution is 2.36. The molecule has 0 radical (unpaired) electrons. The molecule has 0 spiro atoms. The molecule has 3 aromatic heterocycles. The van der Waals surface area contributed by atoms with Gasteiger partial charge in [0.2, 0.25) is 11.7 Å². The molecule has 0 unspecified atom stereocenters. The third-order valence-corrected chi connectivity index (χ3v) is 9.52. The molecule has 4 aromatic rings. The Morgan fingerprint density at radius 2 is 1.74 bits per heavy atom. The van der Waals surface area contributed by atoms with Crippen LogP contribution in [0, 0.1) is 6.92 Å². The third-order valence-electron chi connectivity index (χ3n) is 6.04. The van der Waals surface area contributed by atoms with Crippen LogP contribution in [-0.4, -0.2) is 69.6 Å². The van der Waals surface area contributed by atoms with Crippen LogP contribution in [0.1, 0.15) is 21.9 Å². The van der Waals surface area contributed by atoms with E-state index in [1.165, 1.54) is 23.5 Å². The van der Waals surface area contributed by atoms with Gasteiger partial charge in [-0.15, -0.1) is 11.3 Å². The van der Waals surface area contributed by atoms with Gasteiger partial charge in [0.15, 0.2) is 0 Å². The van der Waals surface area contributed by atoms with Gasteiger partial charge in [-0.2, -0.15) is 27.6 Å². The maximum atomic E-state index is 13.2. The highest BCUT2D eigenvalue weighted by molar-refractivity contribution is 7.91. The normalized spacial score (nSPS) is 15.2. The van der Waals surface area contributed by atoms with Crippen molar-refractivity contribution in [3.8, 4) is 22.0 Å². The minimum absolute atomic E-state index is 0.00113. The van der Waals surface area contributed by atoms with Crippen molar-refractivity contribution in [2.75, 3.05) is 26.2 Å². The number of benzene rings is 1. The summed E-state index contributed by atoms with van der Waals surface area (Å²) in [4.78, 5) is 19.0. The number of thiophene rings is 1. The second-order valence-corrected chi connectivity index (χ2v) is 11.8. The van der Waals surface area contributed by atoms with Gasteiger partial charge in [-0.3, -0.25) is 9.48 Å². The van der Waals surface area contributed by atoms with Crippen LogP contribution in [-0.2, 0) is 23.2 Å². The summed E-state index contributed by atoms with van der Waals surface area (Å²) in [6, 6.07) is 10.4. The van der Waals surface area contributed by atoms with Gasteiger partial charge in [-0.25, -0.2) is 8.42 Å². The number of nitrogens with zero attached hydrogens (tertiary/aromatic N) is 6. The van der Waals surface area contributed by atoms with Gasteiger partial charge in [-0.1, -0.05) is 17.3 Å². The van der Waals surface area contributed by atoms with Gasteiger partial charge < -0.3 is 9.42 Å². The van der Waals surface area contributed by atoms with E-state index in [4.69, 9.17) is 4.52 Å². The predicted octanol–water partition coefficient (Wildman–Crippen LogP) is 3.67. The van der Waals surface area contributed by atoms with Crippen molar-refractivity contribution in [3.63, 3.8) is 0 Å². The highest BCUT2D eigenvalue weighted by atomic mass is 32.2. The fourth-order valence-corrected chi connectivity index (χ4v) is 6.91. The van der Waals surface area contributed by atoms with Gasteiger partial charge >= 0.3 is 6.18 Å². The van der Waals surface area contributed by atoms with E-state index in [9.17, 15) is 26.4 Å². The molecular weight excluding hydrogens is 545 g/mol. The van der Waals surface area contributed by atoms with Crippen LogP contribution in [0.25, 0.3) is 22.0 Å². The lowest BCUT2D eigenvalue weighted by Gasteiger charge is -2.33. The molecule has 1 aliphatic rings. The summed E-state index contributed by atoms with van der Waals surface area (Å²) in [6.07, 6.45) is -4.57. The third kappa shape index (κ3) is 4.96. The summed E-state index contributed by atoms with van der Waals surface area (Å²) in [5, 5.41) is 7.73. The Balaban J connectivity index is 1.24. The van der Waals surface area contributed by atoms with Crippen molar-refractivity contribution < 1.29 is 30.9 Å².